The Hall–Kier alpha value is -3.64. The van der Waals surface area contributed by atoms with E-state index in [-0.39, 0.29) is 0 Å². The van der Waals surface area contributed by atoms with E-state index >= 15 is 0 Å². The molecule has 1 aliphatic rings. The first-order valence-corrected chi connectivity index (χ1v) is 11.0. The summed E-state index contributed by atoms with van der Waals surface area (Å²) in [4.78, 5) is 8.82. The molecule has 0 spiro atoms. The van der Waals surface area contributed by atoms with Crippen LogP contribution < -0.4 is 15.8 Å². The summed E-state index contributed by atoms with van der Waals surface area (Å²) in [6.07, 6.45) is 10.7. The molecule has 2 aromatic carbocycles. The molecule has 1 saturated carbocycles. The number of allylic oxidation sites excluding steroid dienone is 1. The smallest absolute Gasteiger partial charge is 0.158 e. The number of hydrogen-bond acceptors (Lipinski definition) is 5. The second-order valence-corrected chi connectivity index (χ2v) is 8.23. The Labute approximate surface area is 187 Å². The average Bonchev–Trinajstić information content (AvgIpc) is 3.54. The SMILES string of the molecule is Cc1cc(Nc2ncnc3ccn(CCN)c23)ccc1Oc1cccc(/C=C/C2CC2)c1. The van der Waals surface area contributed by atoms with Crippen LogP contribution in [-0.4, -0.2) is 21.1 Å². The maximum atomic E-state index is 6.18. The summed E-state index contributed by atoms with van der Waals surface area (Å²) in [6.45, 7) is 3.32. The van der Waals surface area contributed by atoms with E-state index in [1.54, 1.807) is 6.33 Å². The zero-order valence-corrected chi connectivity index (χ0v) is 18.2. The first-order chi connectivity index (χ1) is 15.7. The van der Waals surface area contributed by atoms with Crippen molar-refractivity contribution in [3.8, 4) is 11.5 Å². The highest BCUT2D eigenvalue weighted by Gasteiger charge is 2.17. The fourth-order valence-corrected chi connectivity index (χ4v) is 3.77. The van der Waals surface area contributed by atoms with Gasteiger partial charge in [-0.25, -0.2) is 9.97 Å². The number of aromatic nitrogens is 3. The van der Waals surface area contributed by atoms with Gasteiger partial charge in [-0.2, -0.15) is 0 Å². The van der Waals surface area contributed by atoms with Crippen LogP contribution >= 0.6 is 0 Å². The zero-order chi connectivity index (χ0) is 21.9. The van der Waals surface area contributed by atoms with E-state index in [0.717, 1.165) is 45.5 Å². The summed E-state index contributed by atoms with van der Waals surface area (Å²) < 4.78 is 8.26. The third-order valence-electron chi connectivity index (χ3n) is 5.63. The Morgan fingerprint density at radius 1 is 1.16 bits per heavy atom. The molecule has 0 radical (unpaired) electrons. The monoisotopic (exact) mass is 425 g/mol. The van der Waals surface area contributed by atoms with Crippen LogP contribution in [0.3, 0.4) is 0 Å². The van der Waals surface area contributed by atoms with Gasteiger partial charge in [-0.3, -0.25) is 0 Å². The lowest BCUT2D eigenvalue weighted by Gasteiger charge is -2.13. The Kier molecular flexibility index (Phi) is 5.60. The van der Waals surface area contributed by atoms with E-state index < -0.39 is 0 Å². The van der Waals surface area contributed by atoms with Gasteiger partial charge in [-0.1, -0.05) is 24.3 Å². The largest absolute Gasteiger partial charge is 0.457 e. The maximum Gasteiger partial charge on any atom is 0.158 e. The number of nitrogens with one attached hydrogen (secondary N) is 1. The summed E-state index contributed by atoms with van der Waals surface area (Å²) >= 11 is 0. The maximum absolute atomic E-state index is 6.18. The predicted octanol–water partition coefficient (Wildman–Crippen LogP) is 5.66. The zero-order valence-electron chi connectivity index (χ0n) is 18.2. The van der Waals surface area contributed by atoms with Crippen LogP contribution in [0.4, 0.5) is 11.5 Å². The molecule has 2 heterocycles. The molecular weight excluding hydrogens is 398 g/mol. The summed E-state index contributed by atoms with van der Waals surface area (Å²) in [5.74, 6) is 3.19. The van der Waals surface area contributed by atoms with Gasteiger partial charge in [0.2, 0.25) is 0 Å². The van der Waals surface area contributed by atoms with Crippen molar-refractivity contribution in [1.29, 1.82) is 0 Å². The van der Waals surface area contributed by atoms with Crippen LogP contribution in [0.5, 0.6) is 11.5 Å². The van der Waals surface area contributed by atoms with Crippen molar-refractivity contribution in [3.63, 3.8) is 0 Å². The molecule has 6 nitrogen and oxygen atoms in total. The van der Waals surface area contributed by atoms with E-state index in [0.29, 0.717) is 13.1 Å². The molecule has 5 rings (SSSR count). The summed E-state index contributed by atoms with van der Waals surface area (Å²) in [7, 11) is 0. The number of anilines is 2. The van der Waals surface area contributed by atoms with E-state index in [1.807, 2.05) is 43.5 Å². The lowest BCUT2D eigenvalue weighted by Crippen LogP contribution is -2.10. The van der Waals surface area contributed by atoms with Crippen molar-refractivity contribution in [2.24, 2.45) is 11.7 Å². The van der Waals surface area contributed by atoms with Gasteiger partial charge in [0.25, 0.3) is 0 Å². The van der Waals surface area contributed by atoms with E-state index in [2.05, 4.69) is 50.2 Å². The molecule has 0 amide bonds. The Balaban J connectivity index is 1.35. The fraction of sp³-hybridized carbons (Fsp3) is 0.231. The lowest BCUT2D eigenvalue weighted by atomic mass is 10.1. The molecule has 32 heavy (non-hydrogen) atoms. The minimum atomic E-state index is 0.556. The van der Waals surface area contributed by atoms with Crippen molar-refractivity contribution in [2.45, 2.75) is 26.3 Å². The highest BCUT2D eigenvalue weighted by atomic mass is 16.5. The molecule has 2 aromatic heterocycles. The number of aryl methyl sites for hydroxylation is 1. The van der Waals surface area contributed by atoms with Crippen LogP contribution in [0.2, 0.25) is 0 Å². The average molecular weight is 426 g/mol. The molecule has 4 aromatic rings. The fourth-order valence-electron chi connectivity index (χ4n) is 3.77. The number of fused-ring (bicyclic) bond motifs is 1. The van der Waals surface area contributed by atoms with Crippen LogP contribution in [0.1, 0.15) is 24.0 Å². The van der Waals surface area contributed by atoms with Crippen molar-refractivity contribution in [3.05, 3.63) is 78.3 Å². The van der Waals surface area contributed by atoms with Crippen LogP contribution in [0, 0.1) is 12.8 Å². The van der Waals surface area contributed by atoms with Gasteiger partial charge in [-0.05, 0) is 73.2 Å². The highest BCUT2D eigenvalue weighted by Crippen LogP contribution is 2.32. The van der Waals surface area contributed by atoms with Crippen molar-refractivity contribution in [1.82, 2.24) is 14.5 Å². The van der Waals surface area contributed by atoms with E-state index in [9.17, 15) is 0 Å². The number of benzene rings is 2. The highest BCUT2D eigenvalue weighted by molar-refractivity contribution is 5.88. The third-order valence-corrected chi connectivity index (χ3v) is 5.63. The molecule has 3 N–H and O–H groups in total. The Morgan fingerprint density at radius 2 is 2.06 bits per heavy atom. The molecular formula is C26H27N5O. The second-order valence-electron chi connectivity index (χ2n) is 8.23. The summed E-state index contributed by atoms with van der Waals surface area (Å²) in [5, 5.41) is 3.43. The molecule has 0 unspecified atom stereocenters. The van der Waals surface area contributed by atoms with Crippen molar-refractivity contribution < 1.29 is 4.74 Å². The van der Waals surface area contributed by atoms with Crippen molar-refractivity contribution >= 4 is 28.6 Å². The summed E-state index contributed by atoms with van der Waals surface area (Å²) in [6, 6.07) is 16.2. The second kappa shape index (κ2) is 8.85. The van der Waals surface area contributed by atoms with Crippen LogP contribution in [0.25, 0.3) is 17.1 Å². The molecule has 1 fully saturated rings. The van der Waals surface area contributed by atoms with Gasteiger partial charge in [0.1, 0.15) is 23.3 Å². The predicted molar refractivity (Wildman–Crippen MR) is 129 cm³/mol. The third kappa shape index (κ3) is 4.50. The van der Waals surface area contributed by atoms with Gasteiger partial charge < -0.3 is 20.4 Å². The molecule has 1 aliphatic carbocycles. The molecule has 0 bridgehead atoms. The van der Waals surface area contributed by atoms with E-state index in [1.165, 1.54) is 18.4 Å². The van der Waals surface area contributed by atoms with Crippen LogP contribution in [0.15, 0.2) is 67.1 Å². The van der Waals surface area contributed by atoms with Crippen LogP contribution in [-0.2, 0) is 6.54 Å². The number of ether oxygens (including phenoxy) is 1. The minimum Gasteiger partial charge on any atom is -0.457 e. The Bertz CT molecular complexity index is 1270. The Morgan fingerprint density at radius 3 is 2.88 bits per heavy atom. The van der Waals surface area contributed by atoms with E-state index in [4.69, 9.17) is 10.5 Å². The first kappa shape index (κ1) is 20.3. The van der Waals surface area contributed by atoms with Gasteiger partial charge in [-0.15, -0.1) is 0 Å². The quantitative estimate of drug-likeness (QED) is 0.381. The topological polar surface area (TPSA) is 78.0 Å². The summed E-state index contributed by atoms with van der Waals surface area (Å²) in [5.41, 5.74) is 10.7. The molecule has 0 saturated heterocycles. The number of nitrogens with zero attached hydrogens (tertiary/aromatic N) is 3. The number of rotatable bonds is 8. The number of hydrogen-bond donors (Lipinski definition) is 2. The van der Waals surface area contributed by atoms with Gasteiger partial charge in [0.15, 0.2) is 5.82 Å². The molecule has 162 valence electrons. The first-order valence-electron chi connectivity index (χ1n) is 11.0. The minimum absolute atomic E-state index is 0.556. The molecule has 0 aliphatic heterocycles. The number of nitrogens with two attached hydrogens (primary N) is 1. The molecule has 0 atom stereocenters. The van der Waals surface area contributed by atoms with Gasteiger partial charge in [0.05, 0.1) is 5.52 Å². The molecule has 6 heteroatoms. The standard InChI is InChI=1S/C26H27N5O/c1-18-15-21(30-26-25-23(28-17-29-26)11-13-31(25)14-12-27)9-10-24(18)32-22-4-2-3-20(16-22)8-7-19-5-6-19/h2-4,7-11,13,15-17,19H,5-6,12,14,27H2,1H3,(H,28,29,30)/b8-7+. The lowest BCUT2D eigenvalue weighted by molar-refractivity contribution is 0.479. The van der Waals surface area contributed by atoms with Crippen molar-refractivity contribution in [2.75, 3.05) is 11.9 Å². The van der Waals surface area contributed by atoms with Gasteiger partial charge >= 0.3 is 0 Å². The van der Waals surface area contributed by atoms with Gasteiger partial charge in [0, 0.05) is 25.0 Å². The normalized spacial score (nSPS) is 13.7.